The lowest BCUT2D eigenvalue weighted by Crippen LogP contribution is -2.34. The van der Waals surface area contributed by atoms with Crippen LogP contribution in [0.4, 0.5) is 0 Å². The summed E-state index contributed by atoms with van der Waals surface area (Å²) < 4.78 is 3.65. The van der Waals surface area contributed by atoms with Crippen molar-refractivity contribution in [3.05, 3.63) is 24.3 Å². The molecule has 1 unspecified atom stereocenters. The summed E-state index contributed by atoms with van der Waals surface area (Å²) in [6, 6.07) is -0.152. The molecular weight excluding hydrogens is 308 g/mol. The molecule has 1 atom stereocenters. The van der Waals surface area contributed by atoms with E-state index in [4.69, 9.17) is 0 Å². The molecule has 3 rings (SSSR count). The number of amides is 1. The largest absolute Gasteiger partial charge is 0.344 e. The molecule has 1 aliphatic heterocycles. The molecule has 0 spiro atoms. The third-order valence-corrected chi connectivity index (χ3v) is 4.02. The Balaban J connectivity index is 1.76. The summed E-state index contributed by atoms with van der Waals surface area (Å²) in [5, 5.41) is 19.1. The number of hydrogen-bond donors (Lipinski definition) is 2. The van der Waals surface area contributed by atoms with Crippen LogP contribution in [0.5, 0.6) is 0 Å². The van der Waals surface area contributed by atoms with Crippen LogP contribution < -0.4 is 10.6 Å². The Morgan fingerprint density at radius 1 is 1.38 bits per heavy atom. The molecule has 3 heterocycles. The summed E-state index contributed by atoms with van der Waals surface area (Å²) in [6.07, 6.45) is 4.62. The molecule has 2 aromatic rings. The van der Waals surface area contributed by atoms with E-state index in [0.717, 1.165) is 44.1 Å². The van der Waals surface area contributed by atoms with Crippen LogP contribution >= 0.6 is 0 Å². The van der Waals surface area contributed by atoms with Gasteiger partial charge in [0.2, 0.25) is 5.91 Å². The number of rotatable bonds is 6. The predicted molar refractivity (Wildman–Crippen MR) is 87.0 cm³/mol. The number of carbonyl (C=O) groups excluding carboxylic acids is 1. The Morgan fingerprint density at radius 2 is 2.25 bits per heavy atom. The van der Waals surface area contributed by atoms with Gasteiger partial charge in [-0.1, -0.05) is 13.8 Å². The van der Waals surface area contributed by atoms with Gasteiger partial charge in [-0.3, -0.25) is 4.79 Å². The van der Waals surface area contributed by atoms with Gasteiger partial charge in [-0.25, -0.2) is 9.67 Å². The molecule has 0 radical (unpaired) electrons. The van der Waals surface area contributed by atoms with Crippen LogP contribution in [0.2, 0.25) is 0 Å². The van der Waals surface area contributed by atoms with Gasteiger partial charge in [0.15, 0.2) is 5.82 Å². The van der Waals surface area contributed by atoms with Crippen molar-refractivity contribution in [1.82, 2.24) is 40.2 Å². The summed E-state index contributed by atoms with van der Waals surface area (Å²) in [6.45, 7) is 7.04. The first-order chi connectivity index (χ1) is 11.6. The highest BCUT2D eigenvalue weighted by Gasteiger charge is 2.24. The summed E-state index contributed by atoms with van der Waals surface area (Å²) in [4.78, 5) is 16.2. The molecule has 0 saturated heterocycles. The quantitative estimate of drug-likeness (QED) is 0.767. The first kappa shape index (κ1) is 16.6. The average Bonchev–Trinajstić information content (AvgIpc) is 3.11. The molecule has 0 fully saturated rings. The van der Waals surface area contributed by atoms with Crippen LogP contribution in [0.3, 0.4) is 0 Å². The Bertz CT molecular complexity index is 663. The van der Waals surface area contributed by atoms with E-state index in [1.54, 1.807) is 0 Å². The Labute approximate surface area is 140 Å². The van der Waals surface area contributed by atoms with Gasteiger partial charge in [-0.05, 0) is 12.3 Å². The van der Waals surface area contributed by atoms with Gasteiger partial charge in [-0.15, -0.1) is 10.2 Å². The normalized spacial score (nSPS) is 15.8. The van der Waals surface area contributed by atoms with E-state index in [-0.39, 0.29) is 18.5 Å². The van der Waals surface area contributed by atoms with Crippen LogP contribution in [0.1, 0.15) is 38.0 Å². The molecular formula is C15H24N8O. The van der Waals surface area contributed by atoms with Crippen LogP contribution in [0.25, 0.3) is 0 Å². The molecule has 24 heavy (non-hydrogen) atoms. The van der Waals surface area contributed by atoms with Crippen LogP contribution in [-0.2, 0) is 24.3 Å². The maximum Gasteiger partial charge on any atom is 0.242 e. The monoisotopic (exact) mass is 332 g/mol. The SMILES string of the molecule is CC(C)CC(NC(=O)Cn1cncn1)c1nnc2n1CCNCC2. The zero-order chi connectivity index (χ0) is 16.9. The van der Waals surface area contributed by atoms with Gasteiger partial charge in [0, 0.05) is 26.1 Å². The van der Waals surface area contributed by atoms with Gasteiger partial charge in [0.05, 0.1) is 6.04 Å². The average molecular weight is 332 g/mol. The summed E-state index contributed by atoms with van der Waals surface area (Å²) >= 11 is 0. The number of aromatic nitrogens is 6. The van der Waals surface area contributed by atoms with Crippen molar-refractivity contribution in [2.75, 3.05) is 13.1 Å². The van der Waals surface area contributed by atoms with Crippen molar-refractivity contribution in [1.29, 1.82) is 0 Å². The highest BCUT2D eigenvalue weighted by Crippen LogP contribution is 2.21. The minimum atomic E-state index is -0.152. The zero-order valence-corrected chi connectivity index (χ0v) is 14.1. The first-order valence-corrected chi connectivity index (χ1v) is 8.38. The van der Waals surface area contributed by atoms with Crippen molar-refractivity contribution < 1.29 is 4.79 Å². The summed E-state index contributed by atoms with van der Waals surface area (Å²) in [5.41, 5.74) is 0. The molecule has 0 saturated carbocycles. The second-order valence-corrected chi connectivity index (χ2v) is 6.47. The fraction of sp³-hybridized carbons (Fsp3) is 0.667. The highest BCUT2D eigenvalue weighted by atomic mass is 16.2. The van der Waals surface area contributed by atoms with E-state index in [1.807, 2.05) is 0 Å². The topological polar surface area (TPSA) is 103 Å². The summed E-state index contributed by atoms with van der Waals surface area (Å²) in [7, 11) is 0. The first-order valence-electron chi connectivity index (χ1n) is 8.38. The van der Waals surface area contributed by atoms with Gasteiger partial charge in [0.1, 0.15) is 25.0 Å². The Morgan fingerprint density at radius 3 is 3.00 bits per heavy atom. The second kappa shape index (κ2) is 7.52. The lowest BCUT2D eigenvalue weighted by Gasteiger charge is -2.21. The third kappa shape index (κ3) is 3.97. The Hall–Kier alpha value is -2.29. The standard InChI is InChI=1S/C15H24N8O/c1-11(2)7-12(19-14(24)8-22-10-17-9-18-22)15-21-20-13-3-4-16-5-6-23(13)15/h9-12,16H,3-8H2,1-2H3,(H,19,24). The molecule has 1 amide bonds. The minimum absolute atomic E-state index is 0.102. The van der Waals surface area contributed by atoms with Crippen LogP contribution in [0, 0.1) is 5.92 Å². The van der Waals surface area contributed by atoms with Crippen molar-refractivity contribution in [2.24, 2.45) is 5.92 Å². The molecule has 9 nitrogen and oxygen atoms in total. The molecule has 1 aliphatic rings. The minimum Gasteiger partial charge on any atom is -0.344 e. The van der Waals surface area contributed by atoms with Crippen LogP contribution in [0.15, 0.2) is 12.7 Å². The van der Waals surface area contributed by atoms with Crippen molar-refractivity contribution in [2.45, 2.75) is 45.8 Å². The predicted octanol–water partition coefficient (Wildman–Crippen LogP) is -0.0811. The Kier molecular flexibility index (Phi) is 5.19. The van der Waals surface area contributed by atoms with E-state index in [9.17, 15) is 4.79 Å². The van der Waals surface area contributed by atoms with E-state index < -0.39 is 0 Å². The molecule has 9 heteroatoms. The van der Waals surface area contributed by atoms with Gasteiger partial charge < -0.3 is 15.2 Å². The number of nitrogens with zero attached hydrogens (tertiary/aromatic N) is 6. The number of carbonyl (C=O) groups is 1. The smallest absolute Gasteiger partial charge is 0.242 e. The zero-order valence-electron chi connectivity index (χ0n) is 14.1. The molecule has 0 aliphatic carbocycles. The molecule has 2 aromatic heterocycles. The fourth-order valence-corrected chi connectivity index (χ4v) is 2.95. The maximum absolute atomic E-state index is 12.4. The lowest BCUT2D eigenvalue weighted by molar-refractivity contribution is -0.122. The van der Waals surface area contributed by atoms with Gasteiger partial charge in [0.25, 0.3) is 0 Å². The van der Waals surface area contributed by atoms with Crippen molar-refractivity contribution in [3.63, 3.8) is 0 Å². The van der Waals surface area contributed by atoms with E-state index in [2.05, 4.69) is 49.3 Å². The van der Waals surface area contributed by atoms with E-state index >= 15 is 0 Å². The number of nitrogens with one attached hydrogen (secondary N) is 2. The van der Waals surface area contributed by atoms with E-state index in [1.165, 1.54) is 17.3 Å². The number of hydrogen-bond acceptors (Lipinski definition) is 6. The molecule has 2 N–H and O–H groups in total. The number of fused-ring (bicyclic) bond motifs is 1. The molecule has 130 valence electrons. The molecule has 0 aromatic carbocycles. The van der Waals surface area contributed by atoms with E-state index in [0.29, 0.717) is 5.92 Å². The highest BCUT2D eigenvalue weighted by molar-refractivity contribution is 5.76. The lowest BCUT2D eigenvalue weighted by atomic mass is 10.0. The molecule has 0 bridgehead atoms. The third-order valence-electron chi connectivity index (χ3n) is 4.02. The van der Waals surface area contributed by atoms with Gasteiger partial charge >= 0.3 is 0 Å². The second-order valence-electron chi connectivity index (χ2n) is 6.47. The van der Waals surface area contributed by atoms with Crippen LogP contribution in [-0.4, -0.2) is 48.5 Å². The fourth-order valence-electron chi connectivity index (χ4n) is 2.95. The maximum atomic E-state index is 12.4. The van der Waals surface area contributed by atoms with Gasteiger partial charge in [-0.2, -0.15) is 5.10 Å². The summed E-state index contributed by atoms with van der Waals surface area (Å²) in [5.74, 6) is 2.15. The van der Waals surface area contributed by atoms with Crippen molar-refractivity contribution in [3.8, 4) is 0 Å². The van der Waals surface area contributed by atoms with Crippen molar-refractivity contribution >= 4 is 5.91 Å².